The summed E-state index contributed by atoms with van der Waals surface area (Å²) in [6.45, 7) is 8.61. The first-order valence-electron chi connectivity index (χ1n) is 7.56. The average Bonchev–Trinajstić information content (AvgIpc) is 2.44. The third-order valence-corrected chi connectivity index (χ3v) is 3.93. The maximum absolute atomic E-state index is 4.96. The normalized spacial score (nSPS) is 11.0. The Morgan fingerprint density at radius 3 is 2.19 bits per heavy atom. The molecular weight excluding hydrogens is 254 g/mol. The van der Waals surface area contributed by atoms with Gasteiger partial charge in [0.05, 0.1) is 11.2 Å². The van der Waals surface area contributed by atoms with Crippen LogP contribution in [0.4, 0.5) is 0 Å². The van der Waals surface area contributed by atoms with E-state index in [9.17, 15) is 0 Å². The van der Waals surface area contributed by atoms with E-state index in [1.807, 2.05) is 0 Å². The molecule has 0 aliphatic carbocycles. The third-order valence-electron chi connectivity index (χ3n) is 3.93. The van der Waals surface area contributed by atoms with Gasteiger partial charge in [0, 0.05) is 10.9 Å². The smallest absolute Gasteiger partial charge is 0.0741 e. The fourth-order valence-corrected chi connectivity index (χ4v) is 2.95. The van der Waals surface area contributed by atoms with Crippen molar-refractivity contribution in [3.8, 4) is 11.3 Å². The van der Waals surface area contributed by atoms with Gasteiger partial charge in [0.15, 0.2) is 0 Å². The van der Waals surface area contributed by atoms with E-state index in [4.69, 9.17) is 4.98 Å². The van der Waals surface area contributed by atoms with Crippen molar-refractivity contribution in [1.29, 1.82) is 0 Å². The van der Waals surface area contributed by atoms with Crippen LogP contribution >= 0.6 is 0 Å². The maximum atomic E-state index is 4.96. The maximum Gasteiger partial charge on any atom is 0.0741 e. The van der Waals surface area contributed by atoms with Crippen molar-refractivity contribution in [3.05, 3.63) is 64.7 Å². The molecule has 2 aromatic carbocycles. The molecule has 0 spiro atoms. The molecule has 0 unspecified atom stereocenters. The predicted octanol–water partition coefficient (Wildman–Crippen LogP) is 5.39. The summed E-state index contributed by atoms with van der Waals surface area (Å²) in [5.41, 5.74) is 8.59. The van der Waals surface area contributed by atoms with Crippen LogP contribution in [0.5, 0.6) is 0 Å². The molecular formula is C20H21N. The number of rotatable bonds is 2. The first-order chi connectivity index (χ1) is 10.1. The second kappa shape index (κ2) is 5.33. The molecule has 0 amide bonds. The van der Waals surface area contributed by atoms with Crippen molar-refractivity contribution in [1.82, 2.24) is 4.98 Å². The number of benzene rings is 2. The third kappa shape index (κ3) is 2.69. The van der Waals surface area contributed by atoms with Crippen molar-refractivity contribution in [2.45, 2.75) is 34.1 Å². The molecule has 0 radical (unpaired) electrons. The average molecular weight is 275 g/mol. The van der Waals surface area contributed by atoms with Gasteiger partial charge in [-0.3, -0.25) is 0 Å². The van der Waals surface area contributed by atoms with Gasteiger partial charge in [0.2, 0.25) is 0 Å². The topological polar surface area (TPSA) is 12.9 Å². The summed E-state index contributed by atoms with van der Waals surface area (Å²) >= 11 is 0. The highest BCUT2D eigenvalue weighted by molar-refractivity contribution is 5.84. The van der Waals surface area contributed by atoms with E-state index in [0.717, 1.165) is 17.6 Å². The highest BCUT2D eigenvalue weighted by Gasteiger charge is 2.09. The monoisotopic (exact) mass is 275 g/mol. The molecule has 1 aromatic heterocycles. The van der Waals surface area contributed by atoms with Gasteiger partial charge in [0.25, 0.3) is 0 Å². The quantitative estimate of drug-likeness (QED) is 0.611. The number of hydrogen-bond acceptors (Lipinski definition) is 1. The standard InChI is InChI=1S/C20H21N/c1-5-16-12-17-7-6-13(2)11-19(17)21-20(16)18-9-14(3)8-15(4)10-18/h6-12H,5H2,1-4H3. The fraction of sp³-hybridized carbons (Fsp3) is 0.250. The molecule has 1 heterocycles. The minimum atomic E-state index is 0.999. The molecule has 0 N–H and O–H groups in total. The molecule has 0 saturated heterocycles. The first-order valence-corrected chi connectivity index (χ1v) is 7.56. The van der Waals surface area contributed by atoms with Crippen LogP contribution in [0, 0.1) is 20.8 Å². The van der Waals surface area contributed by atoms with Crippen molar-refractivity contribution in [3.63, 3.8) is 0 Å². The van der Waals surface area contributed by atoms with Gasteiger partial charge in [0.1, 0.15) is 0 Å². The van der Waals surface area contributed by atoms with Gasteiger partial charge < -0.3 is 0 Å². The van der Waals surface area contributed by atoms with Crippen LogP contribution in [0.3, 0.4) is 0 Å². The van der Waals surface area contributed by atoms with E-state index in [-0.39, 0.29) is 0 Å². The van der Waals surface area contributed by atoms with Gasteiger partial charge in [-0.1, -0.05) is 36.2 Å². The summed E-state index contributed by atoms with van der Waals surface area (Å²) in [6.07, 6.45) is 0.999. The highest BCUT2D eigenvalue weighted by Crippen LogP contribution is 2.28. The van der Waals surface area contributed by atoms with Gasteiger partial charge in [-0.05, 0) is 62.6 Å². The number of nitrogens with zero attached hydrogens (tertiary/aromatic N) is 1. The largest absolute Gasteiger partial charge is 0.247 e. The van der Waals surface area contributed by atoms with Crippen molar-refractivity contribution in [2.24, 2.45) is 0 Å². The SMILES string of the molecule is CCc1cc2ccc(C)cc2nc1-c1cc(C)cc(C)c1. The zero-order valence-corrected chi connectivity index (χ0v) is 13.2. The minimum Gasteiger partial charge on any atom is -0.247 e. The second-order valence-corrected chi connectivity index (χ2v) is 5.92. The Morgan fingerprint density at radius 2 is 1.52 bits per heavy atom. The van der Waals surface area contributed by atoms with Crippen molar-refractivity contribution in [2.75, 3.05) is 0 Å². The summed E-state index contributed by atoms with van der Waals surface area (Å²) in [4.78, 5) is 4.96. The Kier molecular flexibility index (Phi) is 3.50. The number of pyridine rings is 1. The molecule has 21 heavy (non-hydrogen) atoms. The summed E-state index contributed by atoms with van der Waals surface area (Å²) in [5, 5.41) is 1.23. The molecule has 0 saturated carbocycles. The van der Waals surface area contributed by atoms with Gasteiger partial charge in [-0.2, -0.15) is 0 Å². The zero-order valence-electron chi connectivity index (χ0n) is 13.2. The lowest BCUT2D eigenvalue weighted by Gasteiger charge is -2.11. The number of fused-ring (bicyclic) bond motifs is 1. The van der Waals surface area contributed by atoms with Gasteiger partial charge in [-0.25, -0.2) is 4.98 Å². The van der Waals surface area contributed by atoms with Gasteiger partial charge in [-0.15, -0.1) is 0 Å². The van der Waals surface area contributed by atoms with Crippen LogP contribution < -0.4 is 0 Å². The van der Waals surface area contributed by atoms with E-state index in [0.29, 0.717) is 0 Å². The summed E-state index contributed by atoms with van der Waals surface area (Å²) in [6, 6.07) is 15.4. The molecule has 1 heteroatoms. The molecule has 0 fully saturated rings. The zero-order chi connectivity index (χ0) is 15.0. The first kappa shape index (κ1) is 13.8. The lowest BCUT2D eigenvalue weighted by molar-refractivity contribution is 1.12. The second-order valence-electron chi connectivity index (χ2n) is 5.92. The van der Waals surface area contributed by atoms with Crippen LogP contribution in [0.25, 0.3) is 22.2 Å². The molecule has 0 atom stereocenters. The minimum absolute atomic E-state index is 0.999. The Morgan fingerprint density at radius 1 is 0.810 bits per heavy atom. The van der Waals surface area contributed by atoms with E-state index < -0.39 is 0 Å². The van der Waals surface area contributed by atoms with Crippen LogP contribution in [0.15, 0.2) is 42.5 Å². The molecule has 3 rings (SSSR count). The van der Waals surface area contributed by atoms with Crippen molar-refractivity contribution < 1.29 is 0 Å². The van der Waals surface area contributed by atoms with Crippen molar-refractivity contribution >= 4 is 10.9 Å². The summed E-state index contributed by atoms with van der Waals surface area (Å²) < 4.78 is 0. The molecule has 0 aliphatic heterocycles. The fourth-order valence-electron chi connectivity index (χ4n) is 2.95. The van der Waals surface area contributed by atoms with E-state index in [2.05, 4.69) is 70.2 Å². The molecule has 3 aromatic rings. The molecule has 0 bridgehead atoms. The molecule has 1 nitrogen and oxygen atoms in total. The number of hydrogen-bond donors (Lipinski definition) is 0. The summed E-state index contributed by atoms with van der Waals surface area (Å²) in [5.74, 6) is 0. The van der Waals surface area contributed by atoms with E-state index in [1.54, 1.807) is 0 Å². The Balaban J connectivity index is 2.29. The van der Waals surface area contributed by atoms with E-state index >= 15 is 0 Å². The van der Waals surface area contributed by atoms with Crippen LogP contribution in [-0.2, 0) is 6.42 Å². The Hall–Kier alpha value is -2.15. The highest BCUT2D eigenvalue weighted by atomic mass is 14.7. The Labute approximate surface area is 126 Å². The molecule has 106 valence electrons. The summed E-state index contributed by atoms with van der Waals surface area (Å²) in [7, 11) is 0. The number of aromatic nitrogens is 1. The predicted molar refractivity (Wildman–Crippen MR) is 90.8 cm³/mol. The lowest BCUT2D eigenvalue weighted by atomic mass is 9.98. The van der Waals surface area contributed by atoms with Crippen LogP contribution in [0.1, 0.15) is 29.2 Å². The van der Waals surface area contributed by atoms with Crippen LogP contribution in [0.2, 0.25) is 0 Å². The van der Waals surface area contributed by atoms with E-state index in [1.165, 1.54) is 33.2 Å². The molecule has 0 aliphatic rings. The number of aryl methyl sites for hydroxylation is 4. The van der Waals surface area contributed by atoms with Gasteiger partial charge >= 0.3 is 0 Å². The Bertz CT molecular complexity index is 795. The lowest BCUT2D eigenvalue weighted by Crippen LogP contribution is -1.95. The van der Waals surface area contributed by atoms with Crippen LogP contribution in [-0.4, -0.2) is 4.98 Å².